The summed E-state index contributed by atoms with van der Waals surface area (Å²) in [6, 6.07) is 14.4. The maximum absolute atomic E-state index is 12.6. The van der Waals surface area contributed by atoms with Gasteiger partial charge in [0, 0.05) is 24.1 Å². The van der Waals surface area contributed by atoms with Crippen LogP contribution in [0.5, 0.6) is 0 Å². The Morgan fingerprint density at radius 3 is 2.00 bits per heavy atom. The first kappa shape index (κ1) is 26.1. The second-order valence-electron chi connectivity index (χ2n) is 10.1. The summed E-state index contributed by atoms with van der Waals surface area (Å²) in [6.45, 7) is 2.28. The lowest BCUT2D eigenvalue weighted by Gasteiger charge is -2.29. The molecule has 1 aliphatic carbocycles. The number of benzene rings is 2. The summed E-state index contributed by atoms with van der Waals surface area (Å²) < 4.78 is 0. The van der Waals surface area contributed by atoms with Gasteiger partial charge in [0.1, 0.15) is 0 Å². The zero-order chi connectivity index (χ0) is 24.2. The Labute approximate surface area is 205 Å². The molecule has 34 heavy (non-hydrogen) atoms. The molecule has 2 aromatic rings. The maximum atomic E-state index is 12.6. The molecule has 1 aliphatic rings. The zero-order valence-corrected chi connectivity index (χ0v) is 20.8. The fraction of sp³-hybridized carbons (Fsp3) is 0.567. The Kier molecular flexibility index (Phi) is 10.8. The van der Waals surface area contributed by atoms with Crippen LogP contribution in [0.4, 0.5) is 5.69 Å². The summed E-state index contributed by atoms with van der Waals surface area (Å²) >= 11 is 0. The molecular weight excluding hydrogens is 422 g/mol. The van der Waals surface area contributed by atoms with Gasteiger partial charge in [0.2, 0.25) is 0 Å². The first-order valence-corrected chi connectivity index (χ1v) is 13.4. The molecule has 0 atom stereocenters. The highest BCUT2D eigenvalue weighted by Gasteiger charge is 2.22. The predicted molar refractivity (Wildman–Crippen MR) is 139 cm³/mol. The topological polar surface area (TPSA) is 60.2 Å². The second-order valence-corrected chi connectivity index (χ2v) is 10.1. The number of ketones is 1. The molecule has 3 rings (SSSR count). The molecule has 4 heteroatoms. The molecule has 1 fully saturated rings. The van der Waals surface area contributed by atoms with Crippen LogP contribution in [-0.2, 0) is 6.42 Å². The monoisotopic (exact) mass is 463 g/mol. The molecule has 0 spiro atoms. The average Bonchev–Trinajstić information content (AvgIpc) is 2.86. The Hall–Kier alpha value is -2.49. The molecule has 0 amide bonds. The molecule has 184 valence electrons. The number of unbranched alkanes of at least 4 members (excludes halogenated alkanes) is 7. The third kappa shape index (κ3) is 8.38. The maximum Gasteiger partial charge on any atom is 0.269 e. The number of nitrogens with zero attached hydrogens (tertiary/aromatic N) is 1. The van der Waals surface area contributed by atoms with Crippen molar-refractivity contribution in [3.63, 3.8) is 0 Å². The van der Waals surface area contributed by atoms with Gasteiger partial charge < -0.3 is 0 Å². The van der Waals surface area contributed by atoms with E-state index in [2.05, 4.69) is 19.1 Å². The van der Waals surface area contributed by atoms with Crippen LogP contribution in [0.3, 0.4) is 0 Å². The van der Waals surface area contributed by atoms with E-state index in [0.717, 1.165) is 11.5 Å². The van der Waals surface area contributed by atoms with Gasteiger partial charge in [0.25, 0.3) is 5.69 Å². The van der Waals surface area contributed by atoms with Crippen LogP contribution < -0.4 is 0 Å². The van der Waals surface area contributed by atoms with Crippen LogP contribution >= 0.6 is 0 Å². The molecule has 0 saturated heterocycles. The van der Waals surface area contributed by atoms with Crippen LogP contribution in [0.25, 0.3) is 0 Å². The minimum absolute atomic E-state index is 0.0491. The van der Waals surface area contributed by atoms with E-state index in [4.69, 9.17) is 0 Å². The fourth-order valence-corrected chi connectivity index (χ4v) is 5.32. The lowest BCUT2D eigenvalue weighted by molar-refractivity contribution is -0.384. The van der Waals surface area contributed by atoms with E-state index in [9.17, 15) is 14.9 Å². The van der Waals surface area contributed by atoms with E-state index in [0.29, 0.717) is 11.5 Å². The van der Waals surface area contributed by atoms with Crippen LogP contribution in [0.1, 0.15) is 118 Å². The molecule has 0 heterocycles. The lowest BCUT2D eigenvalue weighted by atomic mass is 9.77. The number of carbonyl (C=O) groups excluding carboxylic acids is 1. The van der Waals surface area contributed by atoms with Crippen molar-refractivity contribution in [1.82, 2.24) is 0 Å². The summed E-state index contributed by atoms with van der Waals surface area (Å²) in [4.78, 5) is 23.0. The summed E-state index contributed by atoms with van der Waals surface area (Å²) in [5.74, 6) is 1.57. The van der Waals surface area contributed by atoms with Gasteiger partial charge in [-0.15, -0.1) is 0 Å². The molecule has 1 saturated carbocycles. The number of hydrogen-bond acceptors (Lipinski definition) is 3. The SMILES string of the molecule is CCCCCCCCCC[C@H]1CC[C@H](c2ccc(C(=O)Cc3ccc([N+](=O)[O-])cc3)cc2)CC1. The van der Waals surface area contributed by atoms with Gasteiger partial charge in [-0.25, -0.2) is 0 Å². The molecule has 2 aromatic carbocycles. The predicted octanol–water partition coefficient (Wildman–Crippen LogP) is 8.82. The first-order valence-electron chi connectivity index (χ1n) is 13.4. The van der Waals surface area contributed by atoms with Crippen molar-refractivity contribution in [3.05, 3.63) is 75.3 Å². The quantitative estimate of drug-likeness (QED) is 0.122. The van der Waals surface area contributed by atoms with Crippen molar-refractivity contribution in [2.45, 2.75) is 103 Å². The lowest BCUT2D eigenvalue weighted by Crippen LogP contribution is -2.13. The van der Waals surface area contributed by atoms with E-state index < -0.39 is 4.92 Å². The summed E-state index contributed by atoms with van der Waals surface area (Å²) in [5, 5.41) is 10.8. The normalized spacial score (nSPS) is 18.0. The second kappa shape index (κ2) is 14.0. The van der Waals surface area contributed by atoms with E-state index in [-0.39, 0.29) is 17.9 Å². The third-order valence-electron chi connectivity index (χ3n) is 7.53. The molecular formula is C30H41NO3. The van der Waals surface area contributed by atoms with Crippen LogP contribution in [0.2, 0.25) is 0 Å². The Bertz CT molecular complexity index is 880. The molecule has 0 aliphatic heterocycles. The molecule has 0 bridgehead atoms. The molecule has 0 unspecified atom stereocenters. The highest BCUT2D eigenvalue weighted by Crippen LogP contribution is 2.38. The van der Waals surface area contributed by atoms with Gasteiger partial charge in [-0.3, -0.25) is 14.9 Å². The van der Waals surface area contributed by atoms with Gasteiger partial charge in [-0.05, 0) is 48.6 Å². The number of Topliss-reactive ketones (excluding diaryl/α,β-unsaturated/α-hetero) is 1. The third-order valence-corrected chi connectivity index (χ3v) is 7.53. The van der Waals surface area contributed by atoms with E-state index in [1.54, 1.807) is 12.1 Å². The number of nitro benzene ring substituents is 1. The molecule has 0 aromatic heterocycles. The van der Waals surface area contributed by atoms with Gasteiger partial charge in [0.05, 0.1) is 4.92 Å². The van der Waals surface area contributed by atoms with Gasteiger partial charge in [0.15, 0.2) is 5.78 Å². The smallest absolute Gasteiger partial charge is 0.269 e. The van der Waals surface area contributed by atoms with E-state index in [1.165, 1.54) is 101 Å². The summed E-state index contributed by atoms with van der Waals surface area (Å²) in [5.41, 5.74) is 2.92. The highest BCUT2D eigenvalue weighted by atomic mass is 16.6. The zero-order valence-electron chi connectivity index (χ0n) is 20.8. The minimum atomic E-state index is -0.422. The molecule has 0 radical (unpaired) electrons. The Balaban J connectivity index is 1.36. The largest absolute Gasteiger partial charge is 0.294 e. The van der Waals surface area contributed by atoms with Crippen LogP contribution in [0, 0.1) is 16.0 Å². The van der Waals surface area contributed by atoms with Crippen molar-refractivity contribution in [2.75, 3.05) is 0 Å². The Morgan fingerprint density at radius 2 is 1.41 bits per heavy atom. The first-order chi connectivity index (χ1) is 16.6. The number of nitro groups is 1. The summed E-state index contributed by atoms with van der Waals surface area (Å²) in [6.07, 6.45) is 18.0. The van der Waals surface area contributed by atoms with Crippen molar-refractivity contribution in [3.8, 4) is 0 Å². The molecule has 0 N–H and O–H groups in total. The molecule has 4 nitrogen and oxygen atoms in total. The van der Waals surface area contributed by atoms with Gasteiger partial charge in [-0.1, -0.05) is 101 Å². The standard InChI is InChI=1S/C30H41NO3/c1-2-3-4-5-6-7-8-9-10-24-11-15-26(16-12-24)27-17-19-28(20-18-27)30(32)23-25-13-21-29(22-14-25)31(33)34/h13-14,17-22,24,26H,2-12,15-16,23H2,1H3/t24-,26-. The average molecular weight is 464 g/mol. The fourth-order valence-electron chi connectivity index (χ4n) is 5.32. The number of rotatable bonds is 14. The van der Waals surface area contributed by atoms with Gasteiger partial charge in [-0.2, -0.15) is 0 Å². The number of carbonyl (C=O) groups is 1. The summed E-state index contributed by atoms with van der Waals surface area (Å²) in [7, 11) is 0. The number of non-ortho nitro benzene ring substituents is 1. The van der Waals surface area contributed by atoms with Crippen LogP contribution in [0.15, 0.2) is 48.5 Å². The van der Waals surface area contributed by atoms with Crippen molar-refractivity contribution < 1.29 is 9.72 Å². The van der Waals surface area contributed by atoms with Crippen LogP contribution in [-0.4, -0.2) is 10.7 Å². The van der Waals surface area contributed by atoms with Crippen molar-refractivity contribution in [1.29, 1.82) is 0 Å². The van der Waals surface area contributed by atoms with E-state index >= 15 is 0 Å². The van der Waals surface area contributed by atoms with E-state index in [1.807, 2.05) is 12.1 Å². The Morgan fingerprint density at radius 1 is 0.824 bits per heavy atom. The highest BCUT2D eigenvalue weighted by molar-refractivity contribution is 5.97. The minimum Gasteiger partial charge on any atom is -0.294 e. The van der Waals surface area contributed by atoms with Crippen molar-refractivity contribution in [2.24, 2.45) is 5.92 Å². The number of hydrogen-bond donors (Lipinski definition) is 0. The van der Waals surface area contributed by atoms with Crippen molar-refractivity contribution >= 4 is 11.5 Å². The van der Waals surface area contributed by atoms with Gasteiger partial charge >= 0.3 is 0 Å².